The van der Waals surface area contributed by atoms with Crippen molar-refractivity contribution in [3.63, 3.8) is 0 Å². The molecule has 1 aromatic carbocycles. The van der Waals surface area contributed by atoms with Gasteiger partial charge in [-0.2, -0.15) is 0 Å². The van der Waals surface area contributed by atoms with Gasteiger partial charge in [0, 0.05) is 13.5 Å². The van der Waals surface area contributed by atoms with Crippen molar-refractivity contribution < 1.29 is 19.4 Å². The molecule has 0 aromatic heterocycles. The van der Waals surface area contributed by atoms with E-state index in [-0.39, 0.29) is 18.2 Å². The number of aliphatic hydroxyl groups is 1. The van der Waals surface area contributed by atoms with E-state index < -0.39 is 0 Å². The molecule has 0 radical (unpaired) electrons. The molecular weight excluding hydrogens is 388 g/mol. The minimum absolute atomic E-state index is 0.0369. The number of benzene rings is 1. The quantitative estimate of drug-likeness (QED) is 0.228. The van der Waals surface area contributed by atoms with Gasteiger partial charge in [0.25, 0.3) is 0 Å². The average Bonchev–Trinajstić information content (AvgIpc) is 3.15. The van der Waals surface area contributed by atoms with Crippen molar-refractivity contribution in [3.05, 3.63) is 48.0 Å². The van der Waals surface area contributed by atoms with Gasteiger partial charge in [-0.3, -0.25) is 4.79 Å². The molecule has 0 heterocycles. The maximum absolute atomic E-state index is 11.6. The number of carbonyl (C=O) groups excluding carboxylic acids is 1. The zero-order chi connectivity index (χ0) is 22.5. The number of hydrogen-bond acceptors (Lipinski definition) is 4. The van der Waals surface area contributed by atoms with E-state index in [1.807, 2.05) is 27.0 Å². The molecule has 1 fully saturated rings. The lowest BCUT2D eigenvalue weighted by Gasteiger charge is -2.24. The maximum atomic E-state index is 11.6. The van der Waals surface area contributed by atoms with E-state index in [0.717, 1.165) is 51.4 Å². The monoisotopic (exact) mass is 430 g/mol. The van der Waals surface area contributed by atoms with Gasteiger partial charge >= 0.3 is 5.97 Å². The van der Waals surface area contributed by atoms with E-state index in [2.05, 4.69) is 36.4 Å². The molecule has 2 rings (SSSR count). The van der Waals surface area contributed by atoms with Crippen LogP contribution in [0.2, 0.25) is 0 Å². The molecule has 0 saturated heterocycles. The van der Waals surface area contributed by atoms with Gasteiger partial charge in [0.1, 0.15) is 0 Å². The molecule has 174 valence electrons. The van der Waals surface area contributed by atoms with Crippen LogP contribution in [0.25, 0.3) is 0 Å². The Balaban J connectivity index is 1.69. The Hall–Kier alpha value is -1.65. The predicted molar refractivity (Wildman–Crippen MR) is 126 cm³/mol. The van der Waals surface area contributed by atoms with Crippen LogP contribution in [0.15, 0.2) is 42.5 Å². The van der Waals surface area contributed by atoms with Crippen LogP contribution in [0.3, 0.4) is 0 Å². The van der Waals surface area contributed by atoms with Gasteiger partial charge in [-0.1, -0.05) is 42.5 Å². The number of rotatable bonds is 14. The molecule has 0 unspecified atom stereocenters. The SMILES string of the molecule is CO[C@H]1CC[C@H](CC[C@@H](O)CCc2ccccc2)[C@H]1C/C=C\CCCC(=O)OC(C)C. The van der Waals surface area contributed by atoms with Crippen molar-refractivity contribution in [1.82, 2.24) is 0 Å². The molecule has 1 saturated carbocycles. The van der Waals surface area contributed by atoms with Gasteiger partial charge in [0.05, 0.1) is 18.3 Å². The number of aryl methyl sites for hydroxylation is 1. The molecular formula is C27H42O4. The molecule has 1 aromatic rings. The van der Waals surface area contributed by atoms with Gasteiger partial charge < -0.3 is 14.6 Å². The summed E-state index contributed by atoms with van der Waals surface area (Å²) in [7, 11) is 1.82. The Kier molecular flexibility index (Phi) is 11.9. The highest BCUT2D eigenvalue weighted by Crippen LogP contribution is 2.39. The fraction of sp³-hybridized carbons (Fsp3) is 0.667. The van der Waals surface area contributed by atoms with Crippen LogP contribution in [-0.4, -0.2) is 36.5 Å². The Morgan fingerprint density at radius 2 is 1.94 bits per heavy atom. The van der Waals surface area contributed by atoms with Gasteiger partial charge in [0.15, 0.2) is 0 Å². The highest BCUT2D eigenvalue weighted by Gasteiger charge is 2.35. The summed E-state index contributed by atoms with van der Waals surface area (Å²) in [6.45, 7) is 3.76. The molecule has 1 N–H and O–H groups in total. The lowest BCUT2D eigenvalue weighted by molar-refractivity contribution is -0.147. The van der Waals surface area contributed by atoms with Crippen LogP contribution in [0.5, 0.6) is 0 Å². The van der Waals surface area contributed by atoms with Gasteiger partial charge in [-0.05, 0) is 89.0 Å². The first-order chi connectivity index (χ1) is 15.0. The third kappa shape index (κ3) is 10.0. The second-order valence-electron chi connectivity index (χ2n) is 9.17. The van der Waals surface area contributed by atoms with Crippen LogP contribution < -0.4 is 0 Å². The minimum atomic E-state index is -0.233. The first kappa shape index (κ1) is 25.6. The summed E-state index contributed by atoms with van der Waals surface area (Å²) in [5, 5.41) is 10.5. The zero-order valence-corrected chi connectivity index (χ0v) is 19.7. The van der Waals surface area contributed by atoms with Crippen LogP contribution in [0.4, 0.5) is 0 Å². The first-order valence-electron chi connectivity index (χ1n) is 12.1. The van der Waals surface area contributed by atoms with Gasteiger partial charge in [-0.25, -0.2) is 0 Å². The number of methoxy groups -OCH3 is 1. The number of esters is 1. The summed E-state index contributed by atoms with van der Waals surface area (Å²) in [6.07, 6.45) is 13.7. The number of ether oxygens (including phenoxy) is 2. The lowest BCUT2D eigenvalue weighted by Crippen LogP contribution is -2.22. The van der Waals surface area contributed by atoms with Crippen molar-refractivity contribution in [3.8, 4) is 0 Å². The summed E-state index contributed by atoms with van der Waals surface area (Å²) in [4.78, 5) is 11.6. The third-order valence-electron chi connectivity index (χ3n) is 6.38. The van der Waals surface area contributed by atoms with E-state index in [4.69, 9.17) is 9.47 Å². The number of allylic oxidation sites excluding steroid dienone is 2. The van der Waals surface area contributed by atoms with Crippen molar-refractivity contribution in [2.75, 3.05) is 7.11 Å². The lowest BCUT2D eigenvalue weighted by atomic mass is 9.86. The molecule has 0 aliphatic heterocycles. The number of aliphatic hydroxyl groups excluding tert-OH is 1. The van der Waals surface area contributed by atoms with Crippen molar-refractivity contribution >= 4 is 5.97 Å². The number of carbonyl (C=O) groups is 1. The highest BCUT2D eigenvalue weighted by molar-refractivity contribution is 5.69. The fourth-order valence-corrected chi connectivity index (χ4v) is 4.69. The van der Waals surface area contributed by atoms with Crippen LogP contribution in [0, 0.1) is 11.8 Å². The molecule has 4 nitrogen and oxygen atoms in total. The maximum Gasteiger partial charge on any atom is 0.306 e. The molecule has 31 heavy (non-hydrogen) atoms. The first-order valence-corrected chi connectivity index (χ1v) is 12.1. The Morgan fingerprint density at radius 3 is 2.65 bits per heavy atom. The van der Waals surface area contributed by atoms with E-state index in [9.17, 15) is 9.90 Å². The molecule has 0 spiro atoms. The second kappa shape index (κ2) is 14.4. The van der Waals surface area contributed by atoms with Crippen LogP contribution in [-0.2, 0) is 20.7 Å². The van der Waals surface area contributed by atoms with Crippen molar-refractivity contribution in [2.45, 2.75) is 96.4 Å². The summed E-state index contributed by atoms with van der Waals surface area (Å²) in [6, 6.07) is 10.4. The van der Waals surface area contributed by atoms with Gasteiger partial charge in [-0.15, -0.1) is 0 Å². The Bertz CT molecular complexity index is 640. The highest BCUT2D eigenvalue weighted by atomic mass is 16.5. The normalized spacial score (nSPS) is 22.3. The van der Waals surface area contributed by atoms with Crippen molar-refractivity contribution in [1.29, 1.82) is 0 Å². The molecule has 4 atom stereocenters. The second-order valence-corrected chi connectivity index (χ2v) is 9.17. The van der Waals surface area contributed by atoms with Crippen LogP contribution in [0.1, 0.15) is 77.2 Å². The largest absolute Gasteiger partial charge is 0.463 e. The van der Waals surface area contributed by atoms with Crippen molar-refractivity contribution in [2.24, 2.45) is 11.8 Å². The average molecular weight is 431 g/mol. The van der Waals surface area contributed by atoms with E-state index in [0.29, 0.717) is 24.4 Å². The third-order valence-corrected chi connectivity index (χ3v) is 6.38. The molecule has 1 aliphatic carbocycles. The predicted octanol–water partition coefficient (Wildman–Crippen LogP) is 5.87. The topological polar surface area (TPSA) is 55.8 Å². The molecule has 0 bridgehead atoms. The van der Waals surface area contributed by atoms with Gasteiger partial charge in [0.2, 0.25) is 0 Å². The smallest absolute Gasteiger partial charge is 0.306 e. The summed E-state index contributed by atoms with van der Waals surface area (Å²) in [5.74, 6) is 1.03. The zero-order valence-electron chi connectivity index (χ0n) is 19.7. The molecule has 0 amide bonds. The summed E-state index contributed by atoms with van der Waals surface area (Å²) in [5.41, 5.74) is 1.29. The Labute approximate surface area is 189 Å². The number of hydrogen-bond donors (Lipinski definition) is 1. The summed E-state index contributed by atoms with van der Waals surface area (Å²) < 4.78 is 10.9. The van der Waals surface area contributed by atoms with E-state index in [1.54, 1.807) is 0 Å². The van der Waals surface area contributed by atoms with Crippen LogP contribution >= 0.6 is 0 Å². The molecule has 4 heteroatoms. The minimum Gasteiger partial charge on any atom is -0.463 e. The fourth-order valence-electron chi connectivity index (χ4n) is 4.69. The molecule has 1 aliphatic rings. The van der Waals surface area contributed by atoms with E-state index in [1.165, 1.54) is 12.0 Å². The van der Waals surface area contributed by atoms with E-state index >= 15 is 0 Å². The number of unbranched alkanes of at least 4 members (excludes halogenated alkanes) is 1. The summed E-state index contributed by atoms with van der Waals surface area (Å²) >= 11 is 0. The standard InChI is InChI=1S/C27H42O4/c1-21(2)31-27(29)14-10-5-4-9-13-25-23(17-20-26(25)30-3)16-19-24(28)18-15-22-11-7-6-8-12-22/h4,6-9,11-12,21,23-26,28H,5,10,13-20H2,1-3H3/b9-4-/t23-,24-,25+,26-/m0/s1. The Morgan fingerprint density at radius 1 is 1.16 bits per heavy atom.